The number of nitrogens with two attached hydrogens (primary N) is 1. The molecule has 16 heavy (non-hydrogen) atoms. The maximum absolute atomic E-state index is 13.0. The standard InChI is InChI=1S/C11H8FN3O/c12-8-3-1-2-7(6-8)9-4-5-14-11(15-9)10(13)16/h1-6H,(H2,13,16). The molecule has 1 amide bonds. The molecule has 0 bridgehead atoms. The summed E-state index contributed by atoms with van der Waals surface area (Å²) >= 11 is 0. The van der Waals surface area contributed by atoms with Crippen LogP contribution in [0.25, 0.3) is 11.3 Å². The highest BCUT2D eigenvalue weighted by molar-refractivity contribution is 5.89. The fraction of sp³-hybridized carbons (Fsp3) is 0. The molecule has 0 aliphatic carbocycles. The quantitative estimate of drug-likeness (QED) is 0.826. The molecule has 80 valence electrons. The summed E-state index contributed by atoms with van der Waals surface area (Å²) in [7, 11) is 0. The van der Waals surface area contributed by atoms with Gasteiger partial charge in [-0.25, -0.2) is 14.4 Å². The highest BCUT2D eigenvalue weighted by Crippen LogP contribution is 2.17. The van der Waals surface area contributed by atoms with Gasteiger partial charge in [-0.2, -0.15) is 0 Å². The van der Waals surface area contributed by atoms with Gasteiger partial charge in [0.25, 0.3) is 5.91 Å². The fourth-order valence-corrected chi connectivity index (χ4v) is 1.29. The van der Waals surface area contributed by atoms with Crippen LogP contribution in [-0.2, 0) is 0 Å². The van der Waals surface area contributed by atoms with E-state index in [1.807, 2.05) is 0 Å². The predicted molar refractivity (Wildman–Crippen MR) is 55.9 cm³/mol. The lowest BCUT2D eigenvalue weighted by molar-refractivity contribution is 0.0990. The van der Waals surface area contributed by atoms with Gasteiger partial charge in [0.2, 0.25) is 5.82 Å². The summed E-state index contributed by atoms with van der Waals surface area (Å²) in [6.07, 6.45) is 1.41. The molecule has 2 rings (SSSR count). The van der Waals surface area contributed by atoms with E-state index in [0.717, 1.165) is 0 Å². The minimum absolute atomic E-state index is 0.0817. The Labute approximate surface area is 91.0 Å². The van der Waals surface area contributed by atoms with Gasteiger partial charge in [0.15, 0.2) is 0 Å². The van der Waals surface area contributed by atoms with Crippen molar-refractivity contribution in [2.75, 3.05) is 0 Å². The third kappa shape index (κ3) is 2.03. The summed E-state index contributed by atoms with van der Waals surface area (Å²) in [6, 6.07) is 7.50. The Bertz CT molecular complexity index is 542. The third-order valence-electron chi connectivity index (χ3n) is 2.00. The van der Waals surface area contributed by atoms with Gasteiger partial charge in [0.1, 0.15) is 5.82 Å². The molecule has 0 fully saturated rings. The number of benzene rings is 1. The third-order valence-corrected chi connectivity index (χ3v) is 2.00. The van der Waals surface area contributed by atoms with Gasteiger partial charge in [-0.15, -0.1) is 0 Å². The number of primary amides is 1. The first-order valence-corrected chi connectivity index (χ1v) is 4.55. The van der Waals surface area contributed by atoms with E-state index >= 15 is 0 Å². The molecule has 0 aliphatic rings. The number of carbonyl (C=O) groups excluding carboxylic acids is 1. The molecule has 1 heterocycles. The molecule has 4 nitrogen and oxygen atoms in total. The Morgan fingerprint density at radius 1 is 1.31 bits per heavy atom. The Kier molecular flexibility index (Phi) is 2.59. The van der Waals surface area contributed by atoms with Crippen LogP contribution in [0.5, 0.6) is 0 Å². The molecule has 0 spiro atoms. The van der Waals surface area contributed by atoms with E-state index in [1.54, 1.807) is 18.2 Å². The van der Waals surface area contributed by atoms with Crippen molar-refractivity contribution in [3.05, 3.63) is 48.2 Å². The van der Waals surface area contributed by atoms with E-state index in [9.17, 15) is 9.18 Å². The van der Waals surface area contributed by atoms with Crippen molar-refractivity contribution in [3.63, 3.8) is 0 Å². The van der Waals surface area contributed by atoms with Crippen LogP contribution in [-0.4, -0.2) is 15.9 Å². The molecule has 0 unspecified atom stereocenters. The number of carbonyl (C=O) groups is 1. The van der Waals surface area contributed by atoms with Crippen LogP contribution in [0.2, 0.25) is 0 Å². The summed E-state index contributed by atoms with van der Waals surface area (Å²) in [5.41, 5.74) is 6.09. The lowest BCUT2D eigenvalue weighted by atomic mass is 10.1. The zero-order valence-corrected chi connectivity index (χ0v) is 8.22. The molecule has 0 saturated heterocycles. The summed E-state index contributed by atoms with van der Waals surface area (Å²) in [6.45, 7) is 0. The number of hydrogen-bond acceptors (Lipinski definition) is 3. The second kappa shape index (κ2) is 4.06. The number of amides is 1. The maximum Gasteiger partial charge on any atom is 0.286 e. The molecule has 5 heteroatoms. The second-order valence-electron chi connectivity index (χ2n) is 3.14. The van der Waals surface area contributed by atoms with Crippen LogP contribution in [0.3, 0.4) is 0 Å². The molecule has 0 radical (unpaired) electrons. The maximum atomic E-state index is 13.0. The summed E-state index contributed by atoms with van der Waals surface area (Å²) < 4.78 is 13.0. The smallest absolute Gasteiger partial charge is 0.286 e. The van der Waals surface area contributed by atoms with Gasteiger partial charge in [0, 0.05) is 11.8 Å². The van der Waals surface area contributed by atoms with E-state index < -0.39 is 5.91 Å². The highest BCUT2D eigenvalue weighted by atomic mass is 19.1. The largest absolute Gasteiger partial charge is 0.363 e. The average molecular weight is 217 g/mol. The van der Waals surface area contributed by atoms with Crippen LogP contribution >= 0.6 is 0 Å². The molecule has 1 aromatic heterocycles. The van der Waals surface area contributed by atoms with Crippen LogP contribution < -0.4 is 5.73 Å². The van der Waals surface area contributed by atoms with Crippen molar-refractivity contribution >= 4 is 5.91 Å². The van der Waals surface area contributed by atoms with Gasteiger partial charge in [0.05, 0.1) is 5.69 Å². The van der Waals surface area contributed by atoms with Crippen molar-refractivity contribution in [1.29, 1.82) is 0 Å². The van der Waals surface area contributed by atoms with Crippen molar-refractivity contribution < 1.29 is 9.18 Å². The first-order valence-electron chi connectivity index (χ1n) is 4.55. The predicted octanol–water partition coefficient (Wildman–Crippen LogP) is 1.38. The lowest BCUT2D eigenvalue weighted by Gasteiger charge is -2.01. The minimum Gasteiger partial charge on any atom is -0.363 e. The molecular weight excluding hydrogens is 209 g/mol. The lowest BCUT2D eigenvalue weighted by Crippen LogP contribution is -2.15. The minimum atomic E-state index is -0.710. The van der Waals surface area contributed by atoms with Crippen LogP contribution in [0.15, 0.2) is 36.5 Å². The molecule has 0 aliphatic heterocycles. The van der Waals surface area contributed by atoms with Crippen LogP contribution in [0, 0.1) is 5.82 Å². The van der Waals surface area contributed by atoms with Crippen molar-refractivity contribution in [2.24, 2.45) is 5.73 Å². The van der Waals surface area contributed by atoms with Crippen LogP contribution in [0.1, 0.15) is 10.6 Å². The van der Waals surface area contributed by atoms with E-state index in [-0.39, 0.29) is 11.6 Å². The highest BCUT2D eigenvalue weighted by Gasteiger charge is 2.06. The summed E-state index contributed by atoms with van der Waals surface area (Å²) in [4.78, 5) is 18.5. The molecule has 0 atom stereocenters. The zero-order chi connectivity index (χ0) is 11.5. The first kappa shape index (κ1) is 10.2. The number of hydrogen-bond donors (Lipinski definition) is 1. The van der Waals surface area contributed by atoms with Gasteiger partial charge in [-0.3, -0.25) is 4.79 Å². The normalized spacial score (nSPS) is 10.1. The SMILES string of the molecule is NC(=O)c1nccc(-c2cccc(F)c2)n1. The molecular formula is C11H8FN3O. The molecule has 1 aromatic carbocycles. The zero-order valence-electron chi connectivity index (χ0n) is 8.22. The monoisotopic (exact) mass is 217 g/mol. The number of aromatic nitrogens is 2. The molecule has 0 saturated carbocycles. The molecule has 2 aromatic rings. The van der Waals surface area contributed by atoms with E-state index in [0.29, 0.717) is 11.3 Å². The van der Waals surface area contributed by atoms with Crippen molar-refractivity contribution in [3.8, 4) is 11.3 Å². The summed E-state index contributed by atoms with van der Waals surface area (Å²) in [5.74, 6) is -1.16. The van der Waals surface area contributed by atoms with E-state index in [2.05, 4.69) is 9.97 Å². The number of halogens is 1. The van der Waals surface area contributed by atoms with Gasteiger partial charge in [-0.05, 0) is 18.2 Å². The summed E-state index contributed by atoms with van der Waals surface area (Å²) in [5, 5.41) is 0. The second-order valence-corrected chi connectivity index (χ2v) is 3.14. The van der Waals surface area contributed by atoms with Gasteiger partial charge < -0.3 is 5.73 Å². The number of nitrogens with zero attached hydrogens (tertiary/aromatic N) is 2. The van der Waals surface area contributed by atoms with E-state index in [1.165, 1.54) is 18.3 Å². The Hall–Kier alpha value is -2.30. The molecule has 2 N–H and O–H groups in total. The van der Waals surface area contributed by atoms with Crippen molar-refractivity contribution in [1.82, 2.24) is 9.97 Å². The van der Waals surface area contributed by atoms with Gasteiger partial charge in [-0.1, -0.05) is 12.1 Å². The van der Waals surface area contributed by atoms with Gasteiger partial charge >= 0.3 is 0 Å². The fourth-order valence-electron chi connectivity index (χ4n) is 1.29. The number of rotatable bonds is 2. The van der Waals surface area contributed by atoms with E-state index in [4.69, 9.17) is 5.73 Å². The average Bonchev–Trinajstić information content (AvgIpc) is 2.29. The topological polar surface area (TPSA) is 68.9 Å². The van der Waals surface area contributed by atoms with Crippen molar-refractivity contribution in [2.45, 2.75) is 0 Å². The van der Waals surface area contributed by atoms with Crippen LogP contribution in [0.4, 0.5) is 4.39 Å². The Morgan fingerprint density at radius 2 is 2.12 bits per heavy atom. The first-order chi connectivity index (χ1) is 7.66. The Balaban J connectivity index is 2.48. The Morgan fingerprint density at radius 3 is 2.81 bits per heavy atom.